The van der Waals surface area contributed by atoms with Gasteiger partial charge in [-0.1, -0.05) is 30.1 Å². The number of halogens is 3. The average molecular weight is 295 g/mol. The van der Waals surface area contributed by atoms with Crippen molar-refractivity contribution in [3.8, 4) is 0 Å². The number of hydrogen-bond donors (Lipinski definition) is 0. The average Bonchev–Trinajstić information content (AvgIpc) is 2.58. The van der Waals surface area contributed by atoms with Gasteiger partial charge in [0.1, 0.15) is 5.52 Å². The first-order chi connectivity index (χ1) is 6.63. The third-order valence-electron chi connectivity index (χ3n) is 1.86. The number of oxazole rings is 1. The third-order valence-corrected chi connectivity index (χ3v) is 3.46. The van der Waals surface area contributed by atoms with Gasteiger partial charge in [-0.15, -0.1) is 0 Å². The zero-order chi connectivity index (χ0) is 10.3. The standard InChI is InChI=1S/C9H6BrCl2NO/c1-2-6-13-8-5(12)3-4(11)7(10)9(8)14-6/h3H,2H2,1H3. The van der Waals surface area contributed by atoms with Gasteiger partial charge >= 0.3 is 0 Å². The Morgan fingerprint density at radius 2 is 2.14 bits per heavy atom. The van der Waals surface area contributed by atoms with Crippen molar-refractivity contribution in [2.45, 2.75) is 13.3 Å². The van der Waals surface area contributed by atoms with Crippen LogP contribution in [0.3, 0.4) is 0 Å². The summed E-state index contributed by atoms with van der Waals surface area (Å²) in [6, 6.07) is 1.65. The molecule has 1 heterocycles. The number of aromatic nitrogens is 1. The first-order valence-electron chi connectivity index (χ1n) is 4.06. The number of aryl methyl sites for hydroxylation is 1. The van der Waals surface area contributed by atoms with Gasteiger partial charge in [0.15, 0.2) is 11.5 Å². The molecule has 0 aliphatic rings. The summed E-state index contributed by atoms with van der Waals surface area (Å²) < 4.78 is 6.18. The second-order valence-corrected chi connectivity index (χ2v) is 4.40. The fourth-order valence-corrected chi connectivity index (χ4v) is 2.05. The van der Waals surface area contributed by atoms with E-state index in [2.05, 4.69) is 20.9 Å². The summed E-state index contributed by atoms with van der Waals surface area (Å²) in [6.07, 6.45) is 0.731. The van der Waals surface area contributed by atoms with Crippen molar-refractivity contribution in [3.63, 3.8) is 0 Å². The van der Waals surface area contributed by atoms with Crippen LogP contribution in [0.25, 0.3) is 11.1 Å². The summed E-state index contributed by atoms with van der Waals surface area (Å²) >= 11 is 15.2. The van der Waals surface area contributed by atoms with Crippen LogP contribution in [0.1, 0.15) is 12.8 Å². The lowest BCUT2D eigenvalue weighted by molar-refractivity contribution is 0.537. The van der Waals surface area contributed by atoms with E-state index in [9.17, 15) is 0 Å². The molecule has 0 bridgehead atoms. The number of benzene rings is 1. The molecule has 2 rings (SSSR count). The topological polar surface area (TPSA) is 26.0 Å². The highest BCUT2D eigenvalue weighted by Gasteiger charge is 2.14. The van der Waals surface area contributed by atoms with Gasteiger partial charge in [0.2, 0.25) is 0 Å². The van der Waals surface area contributed by atoms with E-state index >= 15 is 0 Å². The molecule has 0 aliphatic carbocycles. The van der Waals surface area contributed by atoms with E-state index in [1.165, 1.54) is 0 Å². The van der Waals surface area contributed by atoms with E-state index in [-0.39, 0.29) is 0 Å². The SMILES string of the molecule is CCc1nc2c(Cl)cc(Cl)c(Br)c2o1. The molecular weight excluding hydrogens is 289 g/mol. The second-order valence-electron chi connectivity index (χ2n) is 2.79. The molecule has 0 fully saturated rings. The second kappa shape index (κ2) is 3.72. The first kappa shape index (κ1) is 10.3. The summed E-state index contributed by atoms with van der Waals surface area (Å²) in [5.74, 6) is 0.657. The van der Waals surface area contributed by atoms with E-state index in [1.807, 2.05) is 6.92 Å². The molecule has 2 aromatic rings. The monoisotopic (exact) mass is 293 g/mol. The minimum absolute atomic E-state index is 0.511. The van der Waals surface area contributed by atoms with Crippen molar-refractivity contribution in [2.24, 2.45) is 0 Å². The van der Waals surface area contributed by atoms with Gasteiger partial charge in [-0.3, -0.25) is 0 Å². The van der Waals surface area contributed by atoms with Crippen LogP contribution in [0.5, 0.6) is 0 Å². The van der Waals surface area contributed by atoms with Gasteiger partial charge in [-0.05, 0) is 22.0 Å². The van der Waals surface area contributed by atoms with Crippen molar-refractivity contribution in [3.05, 3.63) is 26.5 Å². The quantitative estimate of drug-likeness (QED) is 0.726. The summed E-state index contributed by atoms with van der Waals surface area (Å²) in [5.41, 5.74) is 1.26. The van der Waals surface area contributed by atoms with Crippen molar-refractivity contribution in [2.75, 3.05) is 0 Å². The van der Waals surface area contributed by atoms with Gasteiger partial charge in [0.05, 0.1) is 14.5 Å². The zero-order valence-electron chi connectivity index (χ0n) is 7.27. The Hall–Kier alpha value is -0.250. The predicted octanol–water partition coefficient (Wildman–Crippen LogP) is 4.46. The maximum Gasteiger partial charge on any atom is 0.195 e. The van der Waals surface area contributed by atoms with Gasteiger partial charge in [0.25, 0.3) is 0 Å². The third kappa shape index (κ3) is 1.53. The van der Waals surface area contributed by atoms with E-state index in [0.717, 1.165) is 6.42 Å². The van der Waals surface area contributed by atoms with E-state index in [0.29, 0.717) is 31.5 Å². The lowest BCUT2D eigenvalue weighted by atomic mass is 10.3. The molecule has 0 spiro atoms. The van der Waals surface area contributed by atoms with Crippen molar-refractivity contribution >= 4 is 50.2 Å². The van der Waals surface area contributed by atoms with Gasteiger partial charge in [-0.2, -0.15) is 0 Å². The van der Waals surface area contributed by atoms with Gasteiger partial charge in [0, 0.05) is 6.42 Å². The first-order valence-corrected chi connectivity index (χ1v) is 5.61. The van der Waals surface area contributed by atoms with E-state index in [1.54, 1.807) is 6.07 Å². The molecule has 0 radical (unpaired) electrons. The Morgan fingerprint density at radius 3 is 2.79 bits per heavy atom. The van der Waals surface area contributed by atoms with Crippen molar-refractivity contribution < 1.29 is 4.42 Å². The Bertz CT molecular complexity index is 495. The molecule has 14 heavy (non-hydrogen) atoms. The highest BCUT2D eigenvalue weighted by atomic mass is 79.9. The largest absolute Gasteiger partial charge is 0.439 e. The zero-order valence-corrected chi connectivity index (χ0v) is 10.4. The van der Waals surface area contributed by atoms with E-state index in [4.69, 9.17) is 27.6 Å². The molecular formula is C9H6BrCl2NO. The molecule has 1 aromatic heterocycles. The highest BCUT2D eigenvalue weighted by molar-refractivity contribution is 9.10. The maximum absolute atomic E-state index is 5.98. The predicted molar refractivity (Wildman–Crippen MR) is 61.1 cm³/mol. The Labute approximate surface area is 99.3 Å². The molecule has 0 N–H and O–H groups in total. The molecule has 0 amide bonds. The molecule has 0 saturated carbocycles. The van der Waals surface area contributed by atoms with Crippen molar-refractivity contribution in [1.29, 1.82) is 0 Å². The Morgan fingerprint density at radius 1 is 1.43 bits per heavy atom. The van der Waals surface area contributed by atoms with Crippen LogP contribution in [0, 0.1) is 0 Å². The summed E-state index contributed by atoms with van der Waals surface area (Å²) in [7, 11) is 0. The van der Waals surface area contributed by atoms with Crippen LogP contribution in [-0.4, -0.2) is 4.98 Å². The van der Waals surface area contributed by atoms with Crippen LogP contribution >= 0.6 is 39.1 Å². The summed E-state index contributed by atoms with van der Waals surface area (Å²) in [4.78, 5) is 4.25. The minimum atomic E-state index is 0.511. The molecule has 74 valence electrons. The highest BCUT2D eigenvalue weighted by Crippen LogP contribution is 2.36. The van der Waals surface area contributed by atoms with Gasteiger partial charge < -0.3 is 4.42 Å². The number of rotatable bonds is 1. The van der Waals surface area contributed by atoms with Crippen LogP contribution in [0.2, 0.25) is 10.0 Å². The normalized spacial score (nSPS) is 11.1. The van der Waals surface area contributed by atoms with Crippen LogP contribution in [0.4, 0.5) is 0 Å². The lowest BCUT2D eigenvalue weighted by Crippen LogP contribution is -1.77. The Balaban J connectivity index is 2.84. The molecule has 5 heteroatoms. The molecule has 2 nitrogen and oxygen atoms in total. The fourth-order valence-electron chi connectivity index (χ4n) is 1.18. The number of hydrogen-bond acceptors (Lipinski definition) is 2. The minimum Gasteiger partial charge on any atom is -0.439 e. The number of fused-ring (bicyclic) bond motifs is 1. The number of nitrogens with zero attached hydrogens (tertiary/aromatic N) is 1. The van der Waals surface area contributed by atoms with Gasteiger partial charge in [-0.25, -0.2) is 4.98 Å². The molecule has 0 atom stereocenters. The summed E-state index contributed by atoms with van der Waals surface area (Å²) in [5, 5.41) is 1.04. The van der Waals surface area contributed by atoms with Crippen LogP contribution in [-0.2, 0) is 6.42 Å². The molecule has 0 aliphatic heterocycles. The summed E-state index contributed by atoms with van der Waals surface area (Å²) in [6.45, 7) is 1.97. The smallest absolute Gasteiger partial charge is 0.195 e. The van der Waals surface area contributed by atoms with Crippen molar-refractivity contribution in [1.82, 2.24) is 4.98 Å². The molecule has 0 saturated heterocycles. The van der Waals surface area contributed by atoms with E-state index < -0.39 is 0 Å². The lowest BCUT2D eigenvalue weighted by Gasteiger charge is -1.96. The Kier molecular flexibility index (Phi) is 2.73. The van der Waals surface area contributed by atoms with Crippen LogP contribution in [0.15, 0.2) is 15.0 Å². The maximum atomic E-state index is 5.98. The van der Waals surface area contributed by atoms with Crippen LogP contribution < -0.4 is 0 Å². The fraction of sp³-hybridized carbons (Fsp3) is 0.222. The molecule has 0 unspecified atom stereocenters. The molecule has 1 aromatic carbocycles.